The third-order valence-corrected chi connectivity index (χ3v) is 6.16. The lowest BCUT2D eigenvalue weighted by molar-refractivity contribution is -0.120. The Kier molecular flexibility index (Phi) is 6.58. The maximum Gasteiger partial charge on any atom is 0.231 e. The molecule has 0 unspecified atom stereocenters. The third-order valence-electron chi connectivity index (χ3n) is 6.16. The third kappa shape index (κ3) is 4.62. The second kappa shape index (κ2) is 10.1. The van der Waals surface area contributed by atoms with Crippen LogP contribution in [0, 0.1) is 0 Å². The predicted octanol–water partition coefficient (Wildman–Crippen LogP) is 4.76. The number of rotatable bonds is 9. The van der Waals surface area contributed by atoms with E-state index in [4.69, 9.17) is 28.1 Å². The van der Waals surface area contributed by atoms with Crippen molar-refractivity contribution in [2.24, 2.45) is 0 Å². The number of nitrogens with one attached hydrogen (secondary N) is 1. The van der Waals surface area contributed by atoms with Gasteiger partial charge in [-0.2, -0.15) is 0 Å². The molecule has 186 valence electrons. The van der Waals surface area contributed by atoms with Crippen molar-refractivity contribution >= 4 is 16.9 Å². The summed E-state index contributed by atoms with van der Waals surface area (Å²) in [6.07, 6.45) is 0.808. The predicted molar refractivity (Wildman–Crippen MR) is 134 cm³/mol. The van der Waals surface area contributed by atoms with Crippen LogP contribution in [-0.4, -0.2) is 40.6 Å². The molecule has 1 aliphatic rings. The number of fused-ring (bicyclic) bond motifs is 2. The average molecular weight is 490 g/mol. The number of ether oxygens (including phenoxy) is 5. The summed E-state index contributed by atoms with van der Waals surface area (Å²) in [6, 6.07) is 17.0. The Bertz CT molecular complexity index is 1390. The van der Waals surface area contributed by atoms with E-state index in [0.717, 1.165) is 27.8 Å². The Morgan fingerprint density at radius 1 is 0.889 bits per heavy atom. The van der Waals surface area contributed by atoms with Crippen molar-refractivity contribution in [3.05, 3.63) is 65.7 Å². The summed E-state index contributed by atoms with van der Waals surface area (Å²) in [7, 11) is 4.83. The van der Waals surface area contributed by atoms with E-state index in [0.29, 0.717) is 47.3 Å². The number of benzene rings is 3. The second-order valence-electron chi connectivity index (χ2n) is 8.31. The smallest absolute Gasteiger partial charge is 0.231 e. The molecule has 0 atom stereocenters. The van der Waals surface area contributed by atoms with Gasteiger partial charge in [0.05, 0.1) is 27.8 Å². The van der Waals surface area contributed by atoms with E-state index < -0.39 is 0 Å². The number of hydrogen-bond acceptors (Lipinski definition) is 7. The number of carbonyl (C=O) groups excluding carboxylic acids is 1. The maximum atomic E-state index is 13.0. The van der Waals surface area contributed by atoms with Gasteiger partial charge in [0.25, 0.3) is 0 Å². The molecule has 2 heterocycles. The zero-order valence-corrected chi connectivity index (χ0v) is 20.4. The van der Waals surface area contributed by atoms with Gasteiger partial charge in [0.1, 0.15) is 17.1 Å². The first-order valence-electron chi connectivity index (χ1n) is 11.6. The Balaban J connectivity index is 1.36. The van der Waals surface area contributed by atoms with Crippen LogP contribution in [0.2, 0.25) is 0 Å². The Morgan fingerprint density at radius 2 is 1.64 bits per heavy atom. The molecule has 5 rings (SSSR count). The molecule has 0 fully saturated rings. The van der Waals surface area contributed by atoms with E-state index in [9.17, 15) is 4.79 Å². The lowest BCUT2D eigenvalue weighted by Gasteiger charge is -2.10. The molecule has 0 spiro atoms. The molecule has 1 aromatic heterocycles. The number of furan rings is 1. The van der Waals surface area contributed by atoms with Crippen molar-refractivity contribution in [1.82, 2.24) is 5.32 Å². The highest BCUT2D eigenvalue weighted by atomic mass is 16.7. The molecule has 8 heteroatoms. The molecule has 8 nitrogen and oxygen atoms in total. The highest BCUT2D eigenvalue weighted by Gasteiger charge is 2.23. The summed E-state index contributed by atoms with van der Waals surface area (Å²) in [6.45, 7) is 0.646. The molecule has 0 bridgehead atoms. The minimum Gasteiger partial charge on any atom is -0.497 e. The second-order valence-corrected chi connectivity index (χ2v) is 8.31. The lowest BCUT2D eigenvalue weighted by Crippen LogP contribution is -2.27. The average Bonchev–Trinajstić information content (AvgIpc) is 3.51. The zero-order chi connectivity index (χ0) is 25.1. The molecule has 0 radical (unpaired) electrons. The highest BCUT2D eigenvalue weighted by Crippen LogP contribution is 2.42. The molecular weight excluding hydrogens is 462 g/mol. The van der Waals surface area contributed by atoms with Crippen molar-refractivity contribution in [2.45, 2.75) is 12.8 Å². The number of hydrogen-bond donors (Lipinski definition) is 1. The van der Waals surface area contributed by atoms with Crippen LogP contribution in [0.15, 0.2) is 59.0 Å². The van der Waals surface area contributed by atoms with E-state index in [2.05, 4.69) is 5.32 Å². The van der Waals surface area contributed by atoms with Crippen LogP contribution in [-0.2, 0) is 17.6 Å². The van der Waals surface area contributed by atoms with Crippen LogP contribution < -0.4 is 29.0 Å². The molecule has 36 heavy (non-hydrogen) atoms. The van der Waals surface area contributed by atoms with E-state index in [-0.39, 0.29) is 19.1 Å². The molecule has 0 saturated heterocycles. The van der Waals surface area contributed by atoms with E-state index in [1.54, 1.807) is 21.3 Å². The Hall–Kier alpha value is -4.33. The number of carbonyl (C=O) groups is 1. The van der Waals surface area contributed by atoms with Gasteiger partial charge in [-0.05, 0) is 54.4 Å². The van der Waals surface area contributed by atoms with Gasteiger partial charge in [-0.25, -0.2) is 0 Å². The van der Waals surface area contributed by atoms with Gasteiger partial charge in [-0.15, -0.1) is 0 Å². The molecule has 3 aromatic carbocycles. The van der Waals surface area contributed by atoms with Crippen LogP contribution in [0.25, 0.3) is 22.3 Å². The van der Waals surface area contributed by atoms with Gasteiger partial charge < -0.3 is 33.4 Å². The molecular formula is C28H27NO7. The first-order chi connectivity index (χ1) is 17.6. The van der Waals surface area contributed by atoms with Gasteiger partial charge in [-0.3, -0.25) is 4.79 Å². The van der Waals surface area contributed by atoms with Crippen LogP contribution in [0.1, 0.15) is 11.1 Å². The number of amides is 1. The van der Waals surface area contributed by atoms with E-state index in [1.807, 2.05) is 54.6 Å². The molecule has 1 amide bonds. The first kappa shape index (κ1) is 23.4. The summed E-state index contributed by atoms with van der Waals surface area (Å²) in [4.78, 5) is 13.0. The van der Waals surface area contributed by atoms with Crippen molar-refractivity contribution in [3.63, 3.8) is 0 Å². The fourth-order valence-electron chi connectivity index (χ4n) is 4.29. The van der Waals surface area contributed by atoms with Gasteiger partial charge in [0, 0.05) is 29.1 Å². The summed E-state index contributed by atoms with van der Waals surface area (Å²) >= 11 is 0. The normalized spacial score (nSPS) is 12.0. The monoisotopic (exact) mass is 489 g/mol. The quantitative estimate of drug-likeness (QED) is 0.363. The van der Waals surface area contributed by atoms with E-state index >= 15 is 0 Å². The highest BCUT2D eigenvalue weighted by molar-refractivity contribution is 5.94. The van der Waals surface area contributed by atoms with Crippen LogP contribution in [0.4, 0.5) is 0 Å². The summed E-state index contributed by atoms with van der Waals surface area (Å²) in [5, 5.41) is 3.84. The fraction of sp³-hybridized carbons (Fsp3) is 0.250. The Labute approximate surface area is 208 Å². The molecule has 0 aliphatic carbocycles. The topological polar surface area (TPSA) is 88.4 Å². The van der Waals surface area contributed by atoms with Gasteiger partial charge >= 0.3 is 0 Å². The largest absolute Gasteiger partial charge is 0.497 e. The van der Waals surface area contributed by atoms with E-state index in [1.165, 1.54) is 0 Å². The summed E-state index contributed by atoms with van der Waals surface area (Å²) < 4.78 is 33.2. The first-order valence-corrected chi connectivity index (χ1v) is 11.6. The number of methoxy groups -OCH3 is 3. The standard InChI is InChI=1S/C28H27NO7/c1-31-19-7-5-18(6-8-19)28-21(20-13-25-26(35-16-34-25)15-23(20)36-28)14-27(30)29-11-10-17-4-9-22(32-2)24(12-17)33-3/h4-9,12-13,15H,10-11,14,16H2,1-3H3,(H,29,30). The molecule has 0 saturated carbocycles. The lowest BCUT2D eigenvalue weighted by atomic mass is 10.0. The summed E-state index contributed by atoms with van der Waals surface area (Å²) in [5.74, 6) is 3.86. The zero-order valence-electron chi connectivity index (χ0n) is 20.4. The summed E-state index contributed by atoms with van der Waals surface area (Å²) in [5.41, 5.74) is 3.31. The van der Waals surface area contributed by atoms with Crippen LogP contribution >= 0.6 is 0 Å². The van der Waals surface area contributed by atoms with Crippen molar-refractivity contribution in [2.75, 3.05) is 34.7 Å². The van der Waals surface area contributed by atoms with Crippen molar-refractivity contribution in [3.8, 4) is 40.1 Å². The minimum atomic E-state index is -0.106. The van der Waals surface area contributed by atoms with Crippen LogP contribution in [0.3, 0.4) is 0 Å². The van der Waals surface area contributed by atoms with Crippen LogP contribution in [0.5, 0.6) is 28.7 Å². The SMILES string of the molecule is COc1ccc(-c2oc3cc4c(cc3c2CC(=O)NCCc2ccc(OC)c(OC)c2)OCO4)cc1. The van der Waals surface area contributed by atoms with Crippen molar-refractivity contribution < 1.29 is 32.9 Å². The molecule has 1 aliphatic heterocycles. The van der Waals surface area contributed by atoms with Crippen molar-refractivity contribution in [1.29, 1.82) is 0 Å². The fourth-order valence-corrected chi connectivity index (χ4v) is 4.29. The minimum absolute atomic E-state index is 0.106. The van der Waals surface area contributed by atoms with Gasteiger partial charge in [-0.1, -0.05) is 6.07 Å². The van der Waals surface area contributed by atoms with Gasteiger partial charge in [0.15, 0.2) is 23.0 Å². The Morgan fingerprint density at radius 3 is 2.36 bits per heavy atom. The van der Waals surface area contributed by atoms with Gasteiger partial charge in [0.2, 0.25) is 12.7 Å². The molecule has 1 N–H and O–H groups in total. The maximum absolute atomic E-state index is 13.0. The molecule has 4 aromatic rings.